The van der Waals surface area contributed by atoms with Crippen molar-refractivity contribution in [1.29, 1.82) is 0 Å². The second-order valence-corrected chi connectivity index (χ2v) is 7.06. The number of hydrogen-bond acceptors (Lipinski definition) is 3. The third-order valence-electron chi connectivity index (χ3n) is 4.08. The van der Waals surface area contributed by atoms with Gasteiger partial charge in [-0.3, -0.25) is 9.69 Å². The summed E-state index contributed by atoms with van der Waals surface area (Å²) in [6, 6.07) is 15.1. The van der Waals surface area contributed by atoms with E-state index in [0.717, 1.165) is 5.56 Å². The van der Waals surface area contributed by atoms with E-state index in [0.29, 0.717) is 28.8 Å². The lowest BCUT2D eigenvalue weighted by molar-refractivity contribution is -0.122. The van der Waals surface area contributed by atoms with Crippen LogP contribution >= 0.6 is 23.2 Å². The van der Waals surface area contributed by atoms with Crippen molar-refractivity contribution in [2.75, 3.05) is 25.0 Å². The molecule has 1 fully saturated rings. The highest BCUT2D eigenvalue weighted by atomic mass is 35.5. The first-order valence-electron chi connectivity index (χ1n) is 8.19. The van der Waals surface area contributed by atoms with Crippen molar-refractivity contribution in [3.63, 3.8) is 0 Å². The molecule has 1 amide bonds. The van der Waals surface area contributed by atoms with Crippen molar-refractivity contribution in [2.24, 2.45) is 0 Å². The molecule has 1 aliphatic rings. The molecule has 132 valence electrons. The molecule has 2 atom stereocenters. The van der Waals surface area contributed by atoms with Crippen LogP contribution in [0.1, 0.15) is 18.6 Å². The summed E-state index contributed by atoms with van der Waals surface area (Å²) < 4.78 is 6.03. The van der Waals surface area contributed by atoms with Gasteiger partial charge in [-0.15, -0.1) is 0 Å². The molecule has 2 aromatic carbocycles. The predicted octanol–water partition coefficient (Wildman–Crippen LogP) is 4.39. The van der Waals surface area contributed by atoms with E-state index in [2.05, 4.69) is 10.2 Å². The number of anilines is 1. The molecule has 3 rings (SSSR count). The Bertz CT molecular complexity index is 739. The molecular formula is C19H20Cl2N2O2. The minimum atomic E-state index is -0.120. The Kier molecular flexibility index (Phi) is 5.97. The second-order valence-electron chi connectivity index (χ2n) is 6.21. The van der Waals surface area contributed by atoms with Crippen molar-refractivity contribution in [3.05, 3.63) is 64.1 Å². The fraction of sp³-hybridized carbons (Fsp3) is 0.316. The zero-order valence-corrected chi connectivity index (χ0v) is 15.4. The highest BCUT2D eigenvalue weighted by Crippen LogP contribution is 2.27. The van der Waals surface area contributed by atoms with Gasteiger partial charge in [0.2, 0.25) is 5.91 Å². The Balaban J connectivity index is 1.63. The summed E-state index contributed by atoms with van der Waals surface area (Å²) >= 11 is 12.1. The third-order valence-corrected chi connectivity index (χ3v) is 4.64. The molecule has 25 heavy (non-hydrogen) atoms. The summed E-state index contributed by atoms with van der Waals surface area (Å²) in [5.41, 5.74) is 1.65. The number of nitrogens with one attached hydrogen (secondary N) is 1. The number of carbonyl (C=O) groups is 1. The molecule has 2 aromatic rings. The molecule has 0 saturated carbocycles. The van der Waals surface area contributed by atoms with Crippen LogP contribution in [0.2, 0.25) is 10.0 Å². The van der Waals surface area contributed by atoms with E-state index in [1.54, 1.807) is 18.2 Å². The van der Waals surface area contributed by atoms with Crippen LogP contribution in [0.25, 0.3) is 0 Å². The van der Waals surface area contributed by atoms with Gasteiger partial charge in [0, 0.05) is 18.1 Å². The Hall–Kier alpha value is -1.59. The molecule has 1 heterocycles. The van der Waals surface area contributed by atoms with E-state index in [1.165, 1.54) is 0 Å². The second kappa shape index (κ2) is 8.19. The normalized spacial score (nSPS) is 21.1. The maximum Gasteiger partial charge on any atom is 0.238 e. The first kappa shape index (κ1) is 18.2. The van der Waals surface area contributed by atoms with Gasteiger partial charge in [-0.1, -0.05) is 53.5 Å². The predicted molar refractivity (Wildman–Crippen MR) is 101 cm³/mol. The lowest BCUT2D eigenvalue weighted by Crippen LogP contribution is -2.46. The molecule has 0 aliphatic carbocycles. The maximum atomic E-state index is 12.4. The summed E-state index contributed by atoms with van der Waals surface area (Å²) in [6.45, 7) is 3.68. The van der Waals surface area contributed by atoms with Crippen molar-refractivity contribution in [3.8, 4) is 0 Å². The first-order chi connectivity index (χ1) is 12.0. The fourth-order valence-corrected chi connectivity index (χ4v) is 3.34. The highest BCUT2D eigenvalue weighted by molar-refractivity contribution is 6.35. The average Bonchev–Trinajstić information content (AvgIpc) is 2.58. The molecule has 2 unspecified atom stereocenters. The van der Waals surface area contributed by atoms with Gasteiger partial charge in [0.1, 0.15) is 0 Å². The lowest BCUT2D eigenvalue weighted by atomic mass is 10.1. The summed E-state index contributed by atoms with van der Waals surface area (Å²) in [4.78, 5) is 14.5. The minimum absolute atomic E-state index is 0.0347. The van der Waals surface area contributed by atoms with Crippen molar-refractivity contribution < 1.29 is 9.53 Å². The number of rotatable bonds is 4. The van der Waals surface area contributed by atoms with Crippen molar-refractivity contribution in [1.82, 2.24) is 4.90 Å². The number of ether oxygens (including phenoxy) is 1. The zero-order chi connectivity index (χ0) is 17.8. The molecule has 0 spiro atoms. The summed E-state index contributed by atoms with van der Waals surface area (Å²) in [7, 11) is 0. The molecule has 6 heteroatoms. The third kappa shape index (κ3) is 4.95. The van der Waals surface area contributed by atoms with E-state index in [9.17, 15) is 4.79 Å². The minimum Gasteiger partial charge on any atom is -0.368 e. The topological polar surface area (TPSA) is 41.6 Å². The van der Waals surface area contributed by atoms with Gasteiger partial charge in [-0.25, -0.2) is 0 Å². The van der Waals surface area contributed by atoms with E-state index in [4.69, 9.17) is 27.9 Å². The van der Waals surface area contributed by atoms with Gasteiger partial charge in [0.05, 0.1) is 29.5 Å². The lowest BCUT2D eigenvalue weighted by Gasteiger charge is -2.36. The maximum absolute atomic E-state index is 12.4. The van der Waals surface area contributed by atoms with Crippen LogP contribution in [0.3, 0.4) is 0 Å². The fourth-order valence-electron chi connectivity index (χ4n) is 3.01. The van der Waals surface area contributed by atoms with E-state index in [-0.39, 0.29) is 24.7 Å². The van der Waals surface area contributed by atoms with Crippen LogP contribution in [-0.4, -0.2) is 36.5 Å². The number of benzene rings is 2. The van der Waals surface area contributed by atoms with E-state index >= 15 is 0 Å². The quantitative estimate of drug-likeness (QED) is 0.857. The molecule has 4 nitrogen and oxygen atoms in total. The van der Waals surface area contributed by atoms with E-state index in [1.807, 2.05) is 37.3 Å². The molecular weight excluding hydrogens is 359 g/mol. The van der Waals surface area contributed by atoms with Crippen LogP contribution in [-0.2, 0) is 9.53 Å². The molecule has 0 radical (unpaired) electrons. The summed E-state index contributed by atoms with van der Waals surface area (Å²) in [5.74, 6) is -0.120. The Morgan fingerprint density at radius 1 is 1.20 bits per heavy atom. The molecule has 1 saturated heterocycles. The van der Waals surface area contributed by atoms with Gasteiger partial charge in [-0.2, -0.15) is 0 Å². The van der Waals surface area contributed by atoms with Gasteiger partial charge in [0.15, 0.2) is 0 Å². The summed E-state index contributed by atoms with van der Waals surface area (Å²) in [5, 5.41) is 3.83. The van der Waals surface area contributed by atoms with Gasteiger partial charge < -0.3 is 10.1 Å². The monoisotopic (exact) mass is 378 g/mol. The van der Waals surface area contributed by atoms with Gasteiger partial charge in [-0.05, 0) is 30.7 Å². The average molecular weight is 379 g/mol. The zero-order valence-electron chi connectivity index (χ0n) is 13.9. The van der Waals surface area contributed by atoms with Gasteiger partial charge >= 0.3 is 0 Å². The largest absolute Gasteiger partial charge is 0.368 e. The standard InChI is InChI=1S/C19H20Cl2N2O2/c1-13-10-23(11-18(25-13)14-5-3-2-4-6-14)12-19(24)22-17-9-15(20)7-8-16(17)21/h2-9,13,18H,10-12H2,1H3,(H,22,24). The van der Waals surface area contributed by atoms with Crippen molar-refractivity contribution >= 4 is 34.8 Å². The van der Waals surface area contributed by atoms with Crippen LogP contribution in [0.4, 0.5) is 5.69 Å². The number of halogens is 2. The van der Waals surface area contributed by atoms with Crippen molar-refractivity contribution in [2.45, 2.75) is 19.1 Å². The van der Waals surface area contributed by atoms with E-state index < -0.39 is 0 Å². The molecule has 0 bridgehead atoms. The number of hydrogen-bond donors (Lipinski definition) is 1. The number of nitrogens with zero attached hydrogens (tertiary/aromatic N) is 1. The number of carbonyl (C=O) groups excluding carboxylic acids is 1. The highest BCUT2D eigenvalue weighted by Gasteiger charge is 2.27. The SMILES string of the molecule is CC1CN(CC(=O)Nc2cc(Cl)ccc2Cl)CC(c2ccccc2)O1. The Morgan fingerprint density at radius 3 is 2.72 bits per heavy atom. The van der Waals surface area contributed by atoms with Gasteiger partial charge in [0.25, 0.3) is 0 Å². The molecule has 1 N–H and O–H groups in total. The Morgan fingerprint density at radius 2 is 1.96 bits per heavy atom. The molecule has 0 aromatic heterocycles. The van der Waals surface area contributed by atoms with Crippen LogP contribution in [0.15, 0.2) is 48.5 Å². The summed E-state index contributed by atoms with van der Waals surface area (Å²) in [6.07, 6.45) is 0.0222. The molecule has 1 aliphatic heterocycles. The van der Waals surface area contributed by atoms with Crippen LogP contribution in [0, 0.1) is 0 Å². The van der Waals surface area contributed by atoms with Crippen LogP contribution < -0.4 is 5.32 Å². The number of amides is 1. The number of morpholine rings is 1. The Labute approximate surface area is 157 Å². The first-order valence-corrected chi connectivity index (χ1v) is 8.94. The van der Waals surface area contributed by atoms with Crippen LogP contribution in [0.5, 0.6) is 0 Å². The smallest absolute Gasteiger partial charge is 0.238 e.